The number of hydrogen-bond acceptors (Lipinski definition) is 5. The summed E-state index contributed by atoms with van der Waals surface area (Å²) < 4.78 is 11.5. The number of esters is 1. The van der Waals surface area contributed by atoms with E-state index < -0.39 is 5.97 Å². The second kappa shape index (κ2) is 15.5. The normalized spacial score (nSPS) is 13.2. The molecule has 0 aliphatic heterocycles. The van der Waals surface area contributed by atoms with Crippen LogP contribution in [0.3, 0.4) is 0 Å². The molecule has 3 rings (SSSR count). The maximum absolute atomic E-state index is 13.2. The van der Waals surface area contributed by atoms with E-state index in [4.69, 9.17) is 9.47 Å². The van der Waals surface area contributed by atoms with Crippen LogP contribution in [0.15, 0.2) is 60.9 Å². The first kappa shape index (κ1) is 30.5. The summed E-state index contributed by atoms with van der Waals surface area (Å²) in [7, 11) is 0. The van der Waals surface area contributed by atoms with E-state index in [1.807, 2.05) is 36.4 Å². The van der Waals surface area contributed by atoms with Gasteiger partial charge in [0.15, 0.2) is 0 Å². The summed E-state index contributed by atoms with van der Waals surface area (Å²) in [5.41, 5.74) is 0.298. The fourth-order valence-corrected chi connectivity index (χ4v) is 4.92. The quantitative estimate of drug-likeness (QED) is 0.0941. The Kier molecular flexibility index (Phi) is 11.8. The van der Waals surface area contributed by atoms with E-state index in [9.17, 15) is 15.3 Å². The highest BCUT2D eigenvalue weighted by Gasteiger charge is 2.17. The van der Waals surface area contributed by atoms with E-state index in [1.165, 1.54) is 0 Å². The third-order valence-electron chi connectivity index (χ3n) is 7.40. The van der Waals surface area contributed by atoms with Crippen molar-refractivity contribution in [2.45, 2.75) is 72.1 Å². The Balaban J connectivity index is 2.15. The molecule has 208 valence electrons. The molecule has 0 saturated heterocycles. The number of carbonyl (C=O) groups excluding carboxylic acids is 1. The lowest BCUT2D eigenvalue weighted by Crippen LogP contribution is -2.22. The number of nitrogens with zero attached hydrogens (tertiary/aromatic N) is 2. The van der Waals surface area contributed by atoms with Gasteiger partial charge in [0.1, 0.15) is 29.0 Å². The van der Waals surface area contributed by atoms with Crippen LogP contribution in [0, 0.1) is 28.6 Å². The van der Waals surface area contributed by atoms with Crippen LogP contribution < -0.4 is 10.4 Å². The number of carbonyl (C=O) groups is 1. The van der Waals surface area contributed by atoms with Crippen LogP contribution in [0.1, 0.15) is 72.1 Å². The second-order valence-corrected chi connectivity index (χ2v) is 10.2. The van der Waals surface area contributed by atoms with Crippen LogP contribution in [0.25, 0.3) is 32.7 Å². The minimum absolute atomic E-state index is 0.0401. The topological polar surface area (TPSA) is 83.1 Å². The Morgan fingerprint density at radius 3 is 1.98 bits per heavy atom. The van der Waals surface area contributed by atoms with Crippen molar-refractivity contribution in [2.24, 2.45) is 5.92 Å². The van der Waals surface area contributed by atoms with Gasteiger partial charge >= 0.3 is 5.97 Å². The number of rotatable bonds is 14. The summed E-state index contributed by atoms with van der Waals surface area (Å²) in [4.78, 5) is 13.2. The molecule has 0 spiro atoms. The highest BCUT2D eigenvalue weighted by molar-refractivity contribution is 6.17. The van der Waals surface area contributed by atoms with Gasteiger partial charge in [-0.15, -0.1) is 0 Å². The average molecular weight is 537 g/mol. The van der Waals surface area contributed by atoms with Crippen molar-refractivity contribution < 1.29 is 14.3 Å². The third kappa shape index (κ3) is 7.51. The summed E-state index contributed by atoms with van der Waals surface area (Å²) in [6, 6.07) is 19.7. The molecule has 0 aliphatic carbocycles. The smallest absolute Gasteiger partial charge is 0.349 e. The van der Waals surface area contributed by atoms with E-state index >= 15 is 0 Å². The molecular weight excluding hydrogens is 496 g/mol. The number of fused-ring (bicyclic) bond motifs is 2. The zero-order valence-corrected chi connectivity index (χ0v) is 24.1. The lowest BCUT2D eigenvalue weighted by atomic mass is 9.96. The van der Waals surface area contributed by atoms with Crippen molar-refractivity contribution in [3.8, 4) is 12.1 Å². The zero-order valence-electron chi connectivity index (χ0n) is 24.1. The van der Waals surface area contributed by atoms with E-state index in [0.717, 1.165) is 67.5 Å². The summed E-state index contributed by atoms with van der Waals surface area (Å²) in [5, 5.41) is 24.7. The molecule has 0 aliphatic rings. The van der Waals surface area contributed by atoms with Gasteiger partial charge in [-0.3, -0.25) is 0 Å². The minimum atomic E-state index is -0.621. The predicted molar refractivity (Wildman–Crippen MR) is 162 cm³/mol. The van der Waals surface area contributed by atoms with Crippen molar-refractivity contribution in [1.29, 1.82) is 10.5 Å². The molecule has 1 atom stereocenters. The summed E-state index contributed by atoms with van der Waals surface area (Å²) in [5.74, 6) is -0.0283. The molecule has 3 aromatic rings. The van der Waals surface area contributed by atoms with Crippen molar-refractivity contribution in [3.05, 3.63) is 71.3 Å². The van der Waals surface area contributed by atoms with Gasteiger partial charge in [0.05, 0.1) is 13.2 Å². The number of allylic oxidation sites excluding steroid dienone is 1. The van der Waals surface area contributed by atoms with Crippen LogP contribution in [-0.4, -0.2) is 19.2 Å². The van der Waals surface area contributed by atoms with Crippen LogP contribution in [0.4, 0.5) is 0 Å². The van der Waals surface area contributed by atoms with Crippen LogP contribution in [0.5, 0.6) is 0 Å². The van der Waals surface area contributed by atoms with Gasteiger partial charge in [0, 0.05) is 10.4 Å². The Bertz CT molecular complexity index is 1560. The molecule has 0 radical (unpaired) electrons. The predicted octanol–water partition coefficient (Wildman–Crippen LogP) is 7.21. The Morgan fingerprint density at radius 1 is 0.825 bits per heavy atom. The van der Waals surface area contributed by atoms with E-state index in [0.29, 0.717) is 40.4 Å². The van der Waals surface area contributed by atoms with Crippen LogP contribution >= 0.6 is 0 Å². The van der Waals surface area contributed by atoms with Gasteiger partial charge in [-0.05, 0) is 52.4 Å². The van der Waals surface area contributed by atoms with Gasteiger partial charge in [0.25, 0.3) is 0 Å². The molecule has 1 unspecified atom stereocenters. The second-order valence-electron chi connectivity index (χ2n) is 10.2. The number of nitriles is 2. The van der Waals surface area contributed by atoms with E-state index in [-0.39, 0.29) is 11.5 Å². The van der Waals surface area contributed by atoms with E-state index in [2.05, 4.69) is 39.5 Å². The molecule has 40 heavy (non-hydrogen) atoms. The van der Waals surface area contributed by atoms with Gasteiger partial charge in [-0.2, -0.15) is 10.5 Å². The van der Waals surface area contributed by atoms with Crippen molar-refractivity contribution >= 4 is 38.7 Å². The maximum atomic E-state index is 13.2. The maximum Gasteiger partial charge on any atom is 0.349 e. The third-order valence-corrected chi connectivity index (χ3v) is 7.40. The fourth-order valence-electron chi connectivity index (χ4n) is 4.92. The van der Waals surface area contributed by atoms with Crippen LogP contribution in [0.2, 0.25) is 0 Å². The zero-order chi connectivity index (χ0) is 28.9. The monoisotopic (exact) mass is 536 g/mol. The van der Waals surface area contributed by atoms with Crippen molar-refractivity contribution in [3.63, 3.8) is 0 Å². The minimum Gasteiger partial charge on any atom is -0.493 e. The lowest BCUT2D eigenvalue weighted by molar-refractivity contribution is -0.138. The standard InChI is InChI=1S/C35H40N2O3/c1-5-8-10-13-19-39-25(4)33(22-36)29-17-18-30(32-21-28-16-12-11-15-27(28)20-31(29)32)34(23-37)35(38)40-24-26(7-3)14-9-6-2/h11-12,15-18,20-21,26H,4-10,13-14,19,24H2,1-3H3/b33-29-,34-30+. The largest absolute Gasteiger partial charge is 0.493 e. The SMILES string of the molecule is C=C(OCCCCCC)/C(C#N)=c1/cc/c(=C(/C#N)C(=O)OCC(CC)CCCC)c2cc3ccccc3cc12. The first-order valence-corrected chi connectivity index (χ1v) is 14.5. The Hall–Kier alpha value is -4.09. The number of benzene rings is 3. The number of ether oxygens (including phenoxy) is 2. The van der Waals surface area contributed by atoms with Gasteiger partial charge in [-0.25, -0.2) is 4.79 Å². The first-order valence-electron chi connectivity index (χ1n) is 14.5. The summed E-state index contributed by atoms with van der Waals surface area (Å²) in [6.45, 7) is 11.2. The molecule has 0 amide bonds. The van der Waals surface area contributed by atoms with Gasteiger partial charge in [-0.1, -0.05) is 102 Å². The number of unbranched alkanes of at least 4 members (excludes halogenated alkanes) is 4. The molecule has 0 N–H and O–H groups in total. The highest BCUT2D eigenvalue weighted by Crippen LogP contribution is 2.21. The van der Waals surface area contributed by atoms with Crippen molar-refractivity contribution in [2.75, 3.05) is 13.2 Å². The molecule has 5 heteroatoms. The molecule has 0 bridgehead atoms. The average Bonchev–Trinajstić information content (AvgIpc) is 2.97. The van der Waals surface area contributed by atoms with Crippen molar-refractivity contribution in [1.82, 2.24) is 0 Å². The molecule has 0 aromatic heterocycles. The molecule has 3 aromatic carbocycles. The highest BCUT2D eigenvalue weighted by atomic mass is 16.5. The van der Waals surface area contributed by atoms with Crippen LogP contribution in [-0.2, 0) is 14.3 Å². The molecule has 0 saturated carbocycles. The van der Waals surface area contributed by atoms with Gasteiger partial charge in [0.2, 0.25) is 0 Å². The lowest BCUT2D eigenvalue weighted by Gasteiger charge is -2.14. The number of hydrogen-bond donors (Lipinski definition) is 0. The fraction of sp³-hybridized carbons (Fsp3) is 0.400. The first-order chi connectivity index (χ1) is 19.5. The Morgan fingerprint density at radius 2 is 1.43 bits per heavy atom. The molecule has 0 fully saturated rings. The summed E-state index contributed by atoms with van der Waals surface area (Å²) >= 11 is 0. The molecular formula is C35H40N2O3. The Labute approximate surface area is 238 Å². The molecule has 0 heterocycles. The van der Waals surface area contributed by atoms with E-state index in [1.54, 1.807) is 12.1 Å². The molecule has 5 nitrogen and oxygen atoms in total. The van der Waals surface area contributed by atoms with Gasteiger partial charge < -0.3 is 9.47 Å². The summed E-state index contributed by atoms with van der Waals surface area (Å²) in [6.07, 6.45) is 8.31.